The molecule has 1 aliphatic rings. The van der Waals surface area contributed by atoms with E-state index in [9.17, 15) is 4.79 Å². The van der Waals surface area contributed by atoms with Crippen LogP contribution in [0, 0.1) is 5.92 Å². The predicted octanol–water partition coefficient (Wildman–Crippen LogP) is 3.89. The molecule has 1 aromatic carbocycles. The minimum atomic E-state index is 0.413. The van der Waals surface area contributed by atoms with Gasteiger partial charge < -0.3 is 0 Å². The Kier molecular flexibility index (Phi) is 5.30. The first-order chi connectivity index (χ1) is 8.78. The van der Waals surface area contributed by atoms with E-state index in [0.717, 1.165) is 12.8 Å². The van der Waals surface area contributed by atoms with E-state index in [4.69, 9.17) is 0 Å². The molecule has 2 rings (SSSR count). The smallest absolute Gasteiger partial charge is 0.137 e. The molecule has 0 unspecified atom stereocenters. The van der Waals surface area contributed by atoms with Gasteiger partial charge in [0.1, 0.15) is 5.78 Å². The van der Waals surface area contributed by atoms with Gasteiger partial charge in [-0.2, -0.15) is 11.8 Å². The van der Waals surface area contributed by atoms with Crippen LogP contribution in [0.15, 0.2) is 24.3 Å². The maximum absolute atomic E-state index is 12.0. The largest absolute Gasteiger partial charge is 0.299 e. The van der Waals surface area contributed by atoms with Gasteiger partial charge in [0.25, 0.3) is 0 Å². The van der Waals surface area contributed by atoms with Crippen LogP contribution in [0.3, 0.4) is 0 Å². The fourth-order valence-corrected chi connectivity index (χ4v) is 3.67. The van der Waals surface area contributed by atoms with Crippen molar-refractivity contribution in [2.75, 3.05) is 11.5 Å². The summed E-state index contributed by atoms with van der Waals surface area (Å²) in [5.74, 6) is 3.54. The Labute approximate surface area is 114 Å². The Balaban J connectivity index is 1.82. The SMILES string of the molecule is CCc1ccc(CC(=O)CC2CCSCC2)cc1. The van der Waals surface area contributed by atoms with Crippen LogP contribution in [-0.4, -0.2) is 17.3 Å². The van der Waals surface area contributed by atoms with Crippen molar-refractivity contribution in [1.29, 1.82) is 0 Å². The summed E-state index contributed by atoms with van der Waals surface area (Å²) in [4.78, 5) is 12.0. The topological polar surface area (TPSA) is 17.1 Å². The lowest BCUT2D eigenvalue weighted by Crippen LogP contribution is -2.15. The molecule has 18 heavy (non-hydrogen) atoms. The van der Waals surface area contributed by atoms with Crippen molar-refractivity contribution in [3.63, 3.8) is 0 Å². The molecule has 0 spiro atoms. The Morgan fingerprint density at radius 1 is 1.17 bits per heavy atom. The van der Waals surface area contributed by atoms with Gasteiger partial charge in [-0.3, -0.25) is 4.79 Å². The molecule has 1 fully saturated rings. The summed E-state index contributed by atoms with van der Waals surface area (Å²) in [6.07, 6.45) is 4.92. The molecule has 1 aliphatic heterocycles. The van der Waals surface area contributed by atoms with Gasteiger partial charge >= 0.3 is 0 Å². The highest BCUT2D eigenvalue weighted by molar-refractivity contribution is 7.99. The van der Waals surface area contributed by atoms with Gasteiger partial charge in [0.05, 0.1) is 0 Å². The number of hydrogen-bond acceptors (Lipinski definition) is 2. The van der Waals surface area contributed by atoms with Gasteiger partial charge in [0.15, 0.2) is 0 Å². The molecular weight excluding hydrogens is 240 g/mol. The second-order valence-corrected chi connectivity index (χ2v) is 6.37. The average Bonchev–Trinajstić information content (AvgIpc) is 2.40. The van der Waals surface area contributed by atoms with E-state index in [0.29, 0.717) is 18.1 Å². The summed E-state index contributed by atoms with van der Waals surface area (Å²) in [6, 6.07) is 8.49. The number of ketones is 1. The van der Waals surface area contributed by atoms with Crippen molar-refractivity contribution in [2.45, 2.75) is 39.0 Å². The molecule has 0 aliphatic carbocycles. The second-order valence-electron chi connectivity index (χ2n) is 5.15. The molecule has 0 saturated carbocycles. The number of carbonyl (C=O) groups excluding carboxylic acids is 1. The van der Waals surface area contributed by atoms with Crippen LogP contribution in [0.5, 0.6) is 0 Å². The molecule has 1 heterocycles. The van der Waals surface area contributed by atoms with Gasteiger partial charge in [-0.05, 0) is 47.8 Å². The van der Waals surface area contributed by atoms with Gasteiger partial charge in [-0.25, -0.2) is 0 Å². The zero-order valence-corrected chi connectivity index (χ0v) is 12.0. The number of thioether (sulfide) groups is 1. The van der Waals surface area contributed by atoms with Crippen molar-refractivity contribution in [3.05, 3.63) is 35.4 Å². The van der Waals surface area contributed by atoms with E-state index in [1.165, 1.54) is 35.5 Å². The number of hydrogen-bond donors (Lipinski definition) is 0. The number of aryl methyl sites for hydroxylation is 1. The fourth-order valence-electron chi connectivity index (χ4n) is 2.47. The van der Waals surface area contributed by atoms with Crippen LogP contribution in [0.25, 0.3) is 0 Å². The van der Waals surface area contributed by atoms with E-state index < -0.39 is 0 Å². The highest BCUT2D eigenvalue weighted by Crippen LogP contribution is 2.25. The zero-order chi connectivity index (χ0) is 12.8. The maximum atomic E-state index is 12.0. The molecule has 1 nitrogen and oxygen atoms in total. The molecule has 0 atom stereocenters. The van der Waals surface area contributed by atoms with E-state index in [1.54, 1.807) is 0 Å². The quantitative estimate of drug-likeness (QED) is 0.800. The zero-order valence-electron chi connectivity index (χ0n) is 11.2. The molecular formula is C16H22OS. The van der Waals surface area contributed by atoms with Crippen LogP contribution in [0.4, 0.5) is 0 Å². The van der Waals surface area contributed by atoms with E-state index in [-0.39, 0.29) is 0 Å². The van der Waals surface area contributed by atoms with Crippen LogP contribution in [-0.2, 0) is 17.6 Å². The highest BCUT2D eigenvalue weighted by Gasteiger charge is 2.17. The summed E-state index contributed by atoms with van der Waals surface area (Å²) in [7, 11) is 0. The minimum absolute atomic E-state index is 0.413. The van der Waals surface area contributed by atoms with Crippen molar-refractivity contribution >= 4 is 17.5 Å². The molecule has 0 bridgehead atoms. The molecule has 1 aromatic rings. The summed E-state index contributed by atoms with van der Waals surface area (Å²) in [5.41, 5.74) is 2.51. The normalized spacial score (nSPS) is 16.7. The maximum Gasteiger partial charge on any atom is 0.137 e. The van der Waals surface area contributed by atoms with Crippen LogP contribution in [0.2, 0.25) is 0 Å². The standard InChI is InChI=1S/C16H22OS/c1-2-13-3-5-14(6-4-13)11-16(17)12-15-7-9-18-10-8-15/h3-6,15H,2,7-12H2,1H3. The number of carbonyl (C=O) groups is 1. The Hall–Kier alpha value is -0.760. The Morgan fingerprint density at radius 2 is 1.78 bits per heavy atom. The van der Waals surface area contributed by atoms with Crippen LogP contribution < -0.4 is 0 Å². The fraction of sp³-hybridized carbons (Fsp3) is 0.562. The molecule has 0 radical (unpaired) electrons. The van der Waals surface area contributed by atoms with Gasteiger partial charge in [0, 0.05) is 12.8 Å². The second kappa shape index (κ2) is 6.98. The number of Topliss-reactive ketones (excluding diaryl/α,β-unsaturated/α-hetero) is 1. The minimum Gasteiger partial charge on any atom is -0.299 e. The first-order valence-electron chi connectivity index (χ1n) is 6.95. The molecule has 0 amide bonds. The monoisotopic (exact) mass is 262 g/mol. The Morgan fingerprint density at radius 3 is 2.39 bits per heavy atom. The van der Waals surface area contributed by atoms with Crippen molar-refractivity contribution in [1.82, 2.24) is 0 Å². The van der Waals surface area contributed by atoms with Gasteiger partial charge in [-0.15, -0.1) is 0 Å². The Bertz CT molecular complexity index is 377. The van der Waals surface area contributed by atoms with Crippen LogP contribution in [0.1, 0.15) is 37.3 Å². The van der Waals surface area contributed by atoms with E-state index in [1.807, 2.05) is 11.8 Å². The molecule has 2 heteroatoms. The van der Waals surface area contributed by atoms with Gasteiger partial charge in [-0.1, -0.05) is 31.2 Å². The highest BCUT2D eigenvalue weighted by atomic mass is 32.2. The van der Waals surface area contributed by atoms with E-state index >= 15 is 0 Å². The van der Waals surface area contributed by atoms with Crippen molar-refractivity contribution in [3.8, 4) is 0 Å². The van der Waals surface area contributed by atoms with Gasteiger partial charge in [0.2, 0.25) is 0 Å². The van der Waals surface area contributed by atoms with Crippen molar-refractivity contribution in [2.24, 2.45) is 5.92 Å². The lowest BCUT2D eigenvalue weighted by atomic mass is 9.93. The van der Waals surface area contributed by atoms with Crippen molar-refractivity contribution < 1.29 is 4.79 Å². The summed E-state index contributed by atoms with van der Waals surface area (Å²) >= 11 is 2.02. The van der Waals surface area contributed by atoms with E-state index in [2.05, 4.69) is 31.2 Å². The third-order valence-electron chi connectivity index (χ3n) is 3.69. The predicted molar refractivity (Wildman–Crippen MR) is 79.2 cm³/mol. The third-order valence-corrected chi connectivity index (χ3v) is 4.74. The average molecular weight is 262 g/mol. The summed E-state index contributed by atoms with van der Waals surface area (Å²) in [6.45, 7) is 2.15. The molecule has 1 saturated heterocycles. The molecule has 0 aromatic heterocycles. The summed E-state index contributed by atoms with van der Waals surface area (Å²) in [5, 5.41) is 0. The molecule has 98 valence electrons. The summed E-state index contributed by atoms with van der Waals surface area (Å²) < 4.78 is 0. The first-order valence-corrected chi connectivity index (χ1v) is 8.10. The number of benzene rings is 1. The number of rotatable bonds is 5. The first kappa shape index (κ1) is 13.7. The molecule has 0 N–H and O–H groups in total. The lowest BCUT2D eigenvalue weighted by molar-refractivity contribution is -0.119. The lowest BCUT2D eigenvalue weighted by Gasteiger charge is -2.20. The van der Waals surface area contributed by atoms with Crippen LogP contribution >= 0.6 is 11.8 Å². The third kappa shape index (κ3) is 4.16.